The summed E-state index contributed by atoms with van der Waals surface area (Å²) in [5.41, 5.74) is 1.75. The molecule has 118 valence electrons. The summed E-state index contributed by atoms with van der Waals surface area (Å²) in [6.07, 6.45) is 1.17. The van der Waals surface area contributed by atoms with E-state index < -0.39 is 0 Å². The summed E-state index contributed by atoms with van der Waals surface area (Å²) in [5, 5.41) is 3.43. The number of ether oxygens (including phenoxy) is 1. The van der Waals surface area contributed by atoms with Crippen LogP contribution in [0, 0.1) is 11.7 Å². The number of hydrogen-bond acceptors (Lipinski definition) is 2. The molecule has 0 bridgehead atoms. The van der Waals surface area contributed by atoms with E-state index in [2.05, 4.69) is 25.2 Å². The lowest BCUT2D eigenvalue weighted by atomic mass is 10.1. The van der Waals surface area contributed by atoms with Crippen LogP contribution in [0.2, 0.25) is 0 Å². The van der Waals surface area contributed by atoms with Crippen molar-refractivity contribution in [1.29, 1.82) is 0 Å². The Balaban J connectivity index is 1.85. The molecule has 0 aliphatic heterocycles. The van der Waals surface area contributed by atoms with Gasteiger partial charge in [-0.05, 0) is 42.6 Å². The topological polar surface area (TPSA) is 21.3 Å². The fraction of sp³-hybridized carbons (Fsp3) is 0.368. The van der Waals surface area contributed by atoms with Gasteiger partial charge in [-0.2, -0.15) is 0 Å². The number of halogens is 1. The van der Waals surface area contributed by atoms with Crippen molar-refractivity contribution in [2.75, 3.05) is 6.54 Å². The highest BCUT2D eigenvalue weighted by Gasteiger charge is 2.02. The van der Waals surface area contributed by atoms with Crippen LogP contribution in [-0.4, -0.2) is 6.54 Å². The zero-order valence-corrected chi connectivity index (χ0v) is 13.3. The minimum absolute atomic E-state index is 0.228. The van der Waals surface area contributed by atoms with E-state index in [4.69, 9.17) is 4.74 Å². The zero-order valence-electron chi connectivity index (χ0n) is 13.3. The first-order valence-electron chi connectivity index (χ1n) is 7.81. The van der Waals surface area contributed by atoms with Crippen LogP contribution in [0.5, 0.6) is 5.75 Å². The molecule has 22 heavy (non-hydrogen) atoms. The highest BCUT2D eigenvalue weighted by molar-refractivity contribution is 5.29. The minimum atomic E-state index is -0.228. The molecule has 0 aliphatic rings. The van der Waals surface area contributed by atoms with Gasteiger partial charge in [-0.3, -0.25) is 0 Å². The first-order chi connectivity index (χ1) is 10.6. The molecule has 0 unspecified atom stereocenters. The first-order valence-corrected chi connectivity index (χ1v) is 7.81. The molecule has 2 aromatic rings. The lowest BCUT2D eigenvalue weighted by molar-refractivity contribution is 0.299. The van der Waals surface area contributed by atoms with E-state index in [9.17, 15) is 4.39 Å². The van der Waals surface area contributed by atoms with Crippen LogP contribution in [0.4, 0.5) is 4.39 Å². The molecule has 0 aliphatic carbocycles. The maximum atomic E-state index is 13.6. The quantitative estimate of drug-likeness (QED) is 0.723. The monoisotopic (exact) mass is 301 g/mol. The Morgan fingerprint density at radius 3 is 2.68 bits per heavy atom. The van der Waals surface area contributed by atoms with Gasteiger partial charge in [0.1, 0.15) is 18.2 Å². The summed E-state index contributed by atoms with van der Waals surface area (Å²) in [6.45, 7) is 6.52. The minimum Gasteiger partial charge on any atom is -0.489 e. The van der Waals surface area contributed by atoms with E-state index in [1.807, 2.05) is 24.3 Å². The fourth-order valence-electron chi connectivity index (χ4n) is 2.15. The van der Waals surface area contributed by atoms with Gasteiger partial charge in [-0.15, -0.1) is 0 Å². The van der Waals surface area contributed by atoms with Gasteiger partial charge < -0.3 is 10.1 Å². The second kappa shape index (κ2) is 8.54. The summed E-state index contributed by atoms with van der Waals surface area (Å²) in [6, 6.07) is 14.6. The van der Waals surface area contributed by atoms with Gasteiger partial charge in [0.15, 0.2) is 0 Å². The summed E-state index contributed by atoms with van der Waals surface area (Å²) in [7, 11) is 0. The Kier molecular flexibility index (Phi) is 6.41. The average molecular weight is 301 g/mol. The van der Waals surface area contributed by atoms with E-state index in [-0.39, 0.29) is 12.4 Å². The molecule has 0 spiro atoms. The van der Waals surface area contributed by atoms with Crippen LogP contribution in [0.15, 0.2) is 48.5 Å². The van der Waals surface area contributed by atoms with Gasteiger partial charge in [0.2, 0.25) is 0 Å². The number of benzene rings is 2. The third-order valence-electron chi connectivity index (χ3n) is 3.48. The lowest BCUT2D eigenvalue weighted by Crippen LogP contribution is -2.16. The Morgan fingerprint density at radius 2 is 1.91 bits per heavy atom. The van der Waals surface area contributed by atoms with E-state index >= 15 is 0 Å². The van der Waals surface area contributed by atoms with Crippen molar-refractivity contribution >= 4 is 0 Å². The fourth-order valence-corrected chi connectivity index (χ4v) is 2.15. The lowest BCUT2D eigenvalue weighted by Gasteiger charge is -2.10. The molecule has 0 saturated heterocycles. The zero-order chi connectivity index (χ0) is 15.8. The van der Waals surface area contributed by atoms with Crippen molar-refractivity contribution in [2.24, 2.45) is 5.92 Å². The van der Waals surface area contributed by atoms with Gasteiger partial charge in [0.25, 0.3) is 0 Å². The second-order valence-electron chi connectivity index (χ2n) is 5.89. The molecule has 1 N–H and O–H groups in total. The van der Waals surface area contributed by atoms with Crippen molar-refractivity contribution in [1.82, 2.24) is 5.32 Å². The van der Waals surface area contributed by atoms with Crippen LogP contribution in [-0.2, 0) is 13.2 Å². The van der Waals surface area contributed by atoms with Crippen molar-refractivity contribution in [3.63, 3.8) is 0 Å². The molecule has 0 saturated carbocycles. The van der Waals surface area contributed by atoms with Crippen LogP contribution in [0.1, 0.15) is 31.4 Å². The molecule has 3 heteroatoms. The number of rotatable bonds is 8. The first kappa shape index (κ1) is 16.5. The van der Waals surface area contributed by atoms with Gasteiger partial charge in [0, 0.05) is 12.1 Å². The molecule has 0 atom stereocenters. The van der Waals surface area contributed by atoms with Gasteiger partial charge in [-0.25, -0.2) is 4.39 Å². The normalized spacial score (nSPS) is 10.9. The van der Waals surface area contributed by atoms with Crippen molar-refractivity contribution in [3.8, 4) is 5.75 Å². The molecule has 0 aromatic heterocycles. The maximum Gasteiger partial charge on any atom is 0.129 e. The molecular formula is C19H24FNO. The smallest absolute Gasteiger partial charge is 0.129 e. The van der Waals surface area contributed by atoms with Crippen LogP contribution >= 0.6 is 0 Å². The van der Waals surface area contributed by atoms with Crippen molar-refractivity contribution < 1.29 is 9.13 Å². The molecule has 0 heterocycles. The molecule has 0 radical (unpaired) electrons. The van der Waals surface area contributed by atoms with Gasteiger partial charge in [-0.1, -0.05) is 44.2 Å². The second-order valence-corrected chi connectivity index (χ2v) is 5.89. The molecule has 2 aromatic carbocycles. The highest BCUT2D eigenvalue weighted by Crippen LogP contribution is 2.16. The average Bonchev–Trinajstić information content (AvgIpc) is 2.51. The van der Waals surface area contributed by atoms with E-state index in [0.29, 0.717) is 11.5 Å². The Bertz CT molecular complexity index is 583. The van der Waals surface area contributed by atoms with Gasteiger partial charge >= 0.3 is 0 Å². The van der Waals surface area contributed by atoms with E-state index in [1.54, 1.807) is 12.1 Å². The Hall–Kier alpha value is -1.87. The van der Waals surface area contributed by atoms with E-state index in [1.165, 1.54) is 18.1 Å². The van der Waals surface area contributed by atoms with Crippen LogP contribution in [0.3, 0.4) is 0 Å². The Labute approximate surface area is 132 Å². The molecule has 0 fully saturated rings. The largest absolute Gasteiger partial charge is 0.489 e. The maximum absolute atomic E-state index is 13.6. The summed E-state index contributed by atoms with van der Waals surface area (Å²) in [5.74, 6) is 1.25. The molecular weight excluding hydrogens is 277 g/mol. The third-order valence-corrected chi connectivity index (χ3v) is 3.48. The summed E-state index contributed by atoms with van der Waals surface area (Å²) >= 11 is 0. The van der Waals surface area contributed by atoms with Crippen molar-refractivity contribution in [2.45, 2.75) is 33.4 Å². The van der Waals surface area contributed by atoms with Crippen LogP contribution in [0.25, 0.3) is 0 Å². The summed E-state index contributed by atoms with van der Waals surface area (Å²) in [4.78, 5) is 0. The summed E-state index contributed by atoms with van der Waals surface area (Å²) < 4.78 is 19.2. The standard InChI is InChI=1S/C19H24FNO/c1-15(2)10-11-21-13-16-6-5-8-18(12-16)22-14-17-7-3-4-9-19(17)20/h3-9,12,15,21H,10-11,13-14H2,1-2H3. The van der Waals surface area contributed by atoms with Crippen LogP contribution < -0.4 is 10.1 Å². The SMILES string of the molecule is CC(C)CCNCc1cccc(OCc2ccccc2F)c1. The number of hydrogen-bond donors (Lipinski definition) is 1. The molecule has 2 nitrogen and oxygen atoms in total. The molecule has 2 rings (SSSR count). The third kappa shape index (κ3) is 5.49. The van der Waals surface area contributed by atoms with E-state index in [0.717, 1.165) is 18.8 Å². The predicted octanol–water partition coefficient (Wildman–Crippen LogP) is 4.54. The van der Waals surface area contributed by atoms with Gasteiger partial charge in [0.05, 0.1) is 0 Å². The Morgan fingerprint density at radius 1 is 1.09 bits per heavy atom. The predicted molar refractivity (Wildman–Crippen MR) is 88.3 cm³/mol. The highest BCUT2D eigenvalue weighted by atomic mass is 19.1. The van der Waals surface area contributed by atoms with Crippen molar-refractivity contribution in [3.05, 3.63) is 65.5 Å². The molecule has 0 amide bonds. The number of nitrogens with one attached hydrogen (secondary N) is 1.